The second-order valence-electron chi connectivity index (χ2n) is 8.92. The molecule has 0 bridgehead atoms. The van der Waals surface area contributed by atoms with Crippen molar-refractivity contribution in [3.05, 3.63) is 54.0 Å². The molecule has 1 aromatic heterocycles. The van der Waals surface area contributed by atoms with Crippen molar-refractivity contribution in [2.24, 2.45) is 0 Å². The first-order chi connectivity index (χ1) is 16.9. The van der Waals surface area contributed by atoms with E-state index < -0.39 is 27.5 Å². The number of hydrogen-bond acceptors (Lipinski definition) is 8. The van der Waals surface area contributed by atoms with E-state index in [2.05, 4.69) is 4.98 Å². The standard InChI is InChI=1S/C25H28FNO8S/c1-25(2,3)35-24(28)16-7-8-21(18(26)13-16)34-20-9-10-27-19-15-23(22(32-4)14-17(19)20)33-11-5-6-12-36(29,30)31/h7-10,13-15H,5-6,11-12H2,1-4H3,(H,29,30,31). The smallest absolute Gasteiger partial charge is 0.338 e. The summed E-state index contributed by atoms with van der Waals surface area (Å²) in [6.07, 6.45) is 2.13. The van der Waals surface area contributed by atoms with E-state index in [1.165, 1.54) is 25.4 Å². The first-order valence-corrected chi connectivity index (χ1v) is 12.7. The first-order valence-electron chi connectivity index (χ1n) is 11.1. The van der Waals surface area contributed by atoms with Gasteiger partial charge in [-0.2, -0.15) is 8.42 Å². The average Bonchev–Trinajstić information content (AvgIpc) is 2.78. The van der Waals surface area contributed by atoms with Gasteiger partial charge in [0.15, 0.2) is 23.1 Å². The fourth-order valence-electron chi connectivity index (χ4n) is 3.22. The Hall–Kier alpha value is -3.44. The molecule has 0 aliphatic carbocycles. The van der Waals surface area contributed by atoms with Crippen LogP contribution in [0.15, 0.2) is 42.6 Å². The number of fused-ring (bicyclic) bond motifs is 1. The summed E-state index contributed by atoms with van der Waals surface area (Å²) < 4.78 is 67.4. The normalized spacial score (nSPS) is 11.8. The van der Waals surface area contributed by atoms with Crippen molar-refractivity contribution in [1.29, 1.82) is 0 Å². The zero-order chi connectivity index (χ0) is 26.5. The number of nitrogens with zero attached hydrogens (tertiary/aromatic N) is 1. The number of rotatable bonds is 10. The highest BCUT2D eigenvalue weighted by Crippen LogP contribution is 2.37. The second-order valence-corrected chi connectivity index (χ2v) is 10.5. The van der Waals surface area contributed by atoms with E-state index in [1.807, 2.05) is 0 Å². The maximum Gasteiger partial charge on any atom is 0.338 e. The van der Waals surface area contributed by atoms with Gasteiger partial charge in [0.05, 0.1) is 30.5 Å². The fourth-order valence-corrected chi connectivity index (χ4v) is 3.79. The van der Waals surface area contributed by atoms with Gasteiger partial charge in [-0.1, -0.05) is 0 Å². The Morgan fingerprint density at radius 2 is 1.78 bits per heavy atom. The van der Waals surface area contributed by atoms with Crippen LogP contribution in [0.3, 0.4) is 0 Å². The minimum Gasteiger partial charge on any atom is -0.493 e. The lowest BCUT2D eigenvalue weighted by molar-refractivity contribution is 0.00689. The van der Waals surface area contributed by atoms with Crippen molar-refractivity contribution in [3.8, 4) is 23.0 Å². The zero-order valence-electron chi connectivity index (χ0n) is 20.4. The molecule has 0 aliphatic rings. The molecule has 0 amide bonds. The van der Waals surface area contributed by atoms with Crippen LogP contribution < -0.4 is 14.2 Å². The number of halogens is 1. The van der Waals surface area contributed by atoms with E-state index in [1.54, 1.807) is 39.0 Å². The second kappa shape index (κ2) is 11.1. The molecule has 3 rings (SSSR count). The van der Waals surface area contributed by atoms with E-state index in [4.69, 9.17) is 23.5 Å². The van der Waals surface area contributed by atoms with Gasteiger partial charge >= 0.3 is 5.97 Å². The minimum atomic E-state index is -4.01. The van der Waals surface area contributed by atoms with E-state index in [0.29, 0.717) is 34.6 Å². The predicted octanol–water partition coefficient (Wildman–Crippen LogP) is 5.18. The number of hydrogen-bond donors (Lipinski definition) is 1. The van der Waals surface area contributed by atoms with Crippen molar-refractivity contribution in [2.75, 3.05) is 19.5 Å². The maximum atomic E-state index is 14.8. The summed E-state index contributed by atoms with van der Waals surface area (Å²) in [4.78, 5) is 16.5. The molecule has 3 aromatic rings. The van der Waals surface area contributed by atoms with Crippen LogP contribution in [0.25, 0.3) is 10.9 Å². The molecule has 0 atom stereocenters. The van der Waals surface area contributed by atoms with Crippen molar-refractivity contribution in [3.63, 3.8) is 0 Å². The summed E-state index contributed by atoms with van der Waals surface area (Å²) in [6, 6.07) is 8.66. The van der Waals surface area contributed by atoms with Crippen molar-refractivity contribution in [1.82, 2.24) is 4.98 Å². The number of ether oxygens (including phenoxy) is 4. The highest BCUT2D eigenvalue weighted by atomic mass is 32.2. The summed E-state index contributed by atoms with van der Waals surface area (Å²) in [7, 11) is -2.56. The Balaban J connectivity index is 1.79. The molecule has 11 heteroatoms. The fraction of sp³-hybridized carbons (Fsp3) is 0.360. The van der Waals surface area contributed by atoms with Gasteiger partial charge in [-0.3, -0.25) is 9.54 Å². The monoisotopic (exact) mass is 521 g/mol. The largest absolute Gasteiger partial charge is 0.493 e. The Bertz CT molecular complexity index is 1350. The molecular weight excluding hydrogens is 493 g/mol. The molecule has 0 unspecified atom stereocenters. The van der Waals surface area contributed by atoms with Crippen molar-refractivity contribution >= 4 is 27.0 Å². The van der Waals surface area contributed by atoms with Gasteiger partial charge < -0.3 is 18.9 Å². The highest BCUT2D eigenvalue weighted by Gasteiger charge is 2.20. The Kier molecular flexibility index (Phi) is 8.36. The van der Waals surface area contributed by atoms with Crippen LogP contribution in [0, 0.1) is 5.82 Å². The SMILES string of the molecule is COc1cc2c(Oc3ccc(C(=O)OC(C)(C)C)cc3F)ccnc2cc1OCCCCS(=O)(=O)O. The first kappa shape index (κ1) is 27.2. The number of carbonyl (C=O) groups is 1. The lowest BCUT2D eigenvalue weighted by Crippen LogP contribution is -2.23. The quantitative estimate of drug-likeness (QED) is 0.219. The number of esters is 1. The number of benzene rings is 2. The van der Waals surface area contributed by atoms with Gasteiger partial charge in [-0.05, 0) is 63.9 Å². The van der Waals surface area contributed by atoms with Crippen molar-refractivity contribution < 1.29 is 41.1 Å². The third kappa shape index (κ3) is 7.53. The number of aromatic nitrogens is 1. The van der Waals surface area contributed by atoms with Gasteiger partial charge in [0.2, 0.25) is 0 Å². The molecule has 1 heterocycles. The van der Waals surface area contributed by atoms with Crippen LogP contribution in [-0.2, 0) is 14.9 Å². The van der Waals surface area contributed by atoms with Crippen molar-refractivity contribution in [2.45, 2.75) is 39.2 Å². The number of methoxy groups -OCH3 is 1. The summed E-state index contributed by atoms with van der Waals surface area (Å²) in [5.74, 6) is -0.749. The van der Waals surface area contributed by atoms with Crippen LogP contribution in [0.1, 0.15) is 44.0 Å². The van der Waals surface area contributed by atoms with E-state index in [-0.39, 0.29) is 30.1 Å². The van der Waals surface area contributed by atoms with Gasteiger partial charge in [0.1, 0.15) is 11.4 Å². The predicted molar refractivity (Wildman–Crippen MR) is 131 cm³/mol. The Morgan fingerprint density at radius 3 is 2.42 bits per heavy atom. The topological polar surface area (TPSA) is 121 Å². The number of unbranched alkanes of at least 4 members (excludes halogenated alkanes) is 1. The van der Waals surface area contributed by atoms with Crippen LogP contribution in [0.5, 0.6) is 23.0 Å². The highest BCUT2D eigenvalue weighted by molar-refractivity contribution is 7.85. The zero-order valence-corrected chi connectivity index (χ0v) is 21.2. The summed E-state index contributed by atoms with van der Waals surface area (Å²) in [6.45, 7) is 5.37. The molecule has 0 saturated carbocycles. The summed E-state index contributed by atoms with van der Waals surface area (Å²) in [5.41, 5.74) is -0.151. The molecule has 0 fully saturated rings. The molecule has 2 aromatic carbocycles. The molecule has 36 heavy (non-hydrogen) atoms. The molecule has 0 spiro atoms. The Labute approximate surface area is 208 Å². The van der Waals surface area contributed by atoms with Crippen LogP contribution >= 0.6 is 0 Å². The molecule has 0 saturated heterocycles. The maximum absolute atomic E-state index is 14.8. The Morgan fingerprint density at radius 1 is 1.03 bits per heavy atom. The third-order valence-electron chi connectivity index (χ3n) is 4.83. The van der Waals surface area contributed by atoms with Gasteiger partial charge in [0.25, 0.3) is 10.1 Å². The number of carbonyl (C=O) groups excluding carboxylic acids is 1. The molecule has 0 radical (unpaired) electrons. The summed E-state index contributed by atoms with van der Waals surface area (Å²) >= 11 is 0. The van der Waals surface area contributed by atoms with Crippen LogP contribution in [-0.4, -0.2) is 49.0 Å². The average molecular weight is 522 g/mol. The third-order valence-corrected chi connectivity index (χ3v) is 5.63. The van der Waals surface area contributed by atoms with Crippen LogP contribution in [0.4, 0.5) is 4.39 Å². The van der Waals surface area contributed by atoms with E-state index >= 15 is 0 Å². The molecular formula is C25H28FNO8S. The van der Waals surface area contributed by atoms with Crippen LogP contribution in [0.2, 0.25) is 0 Å². The lowest BCUT2D eigenvalue weighted by Gasteiger charge is -2.19. The van der Waals surface area contributed by atoms with E-state index in [9.17, 15) is 17.6 Å². The molecule has 1 N–H and O–H groups in total. The minimum absolute atomic E-state index is 0.0643. The molecule has 0 aliphatic heterocycles. The van der Waals surface area contributed by atoms with Gasteiger partial charge in [-0.25, -0.2) is 9.18 Å². The van der Waals surface area contributed by atoms with E-state index in [0.717, 1.165) is 6.07 Å². The summed E-state index contributed by atoms with van der Waals surface area (Å²) in [5, 5.41) is 0.531. The molecule has 194 valence electrons. The lowest BCUT2D eigenvalue weighted by atomic mass is 10.1. The van der Waals surface area contributed by atoms with Gasteiger partial charge in [-0.15, -0.1) is 0 Å². The van der Waals surface area contributed by atoms with Gasteiger partial charge in [0, 0.05) is 17.6 Å². The number of pyridine rings is 1. The molecule has 9 nitrogen and oxygen atoms in total.